The van der Waals surface area contributed by atoms with Crippen molar-refractivity contribution in [2.45, 2.75) is 110 Å². The quantitative estimate of drug-likeness (QED) is 0.206. The standard InChI is InChI=1S/C36H38O14S/c1-3-7-23-35(47)31(45)27-19(9-5-11-21(27)37)29(43)33(35,15-17(49-23)13-25(39)40)51-34-16-18(14-26(41)42)50-24(8-4-2)36(34,48)32(46)28-20(30(34)44)10-6-12-22(28)38/h5-6,9-12,17-18,23-24,37-38,47-48H,3-4,7-8,13-16H2,1-2H3,(H,39,40)(H,41,42)/t17-,18+,23-,24+,33-,34-,35+,36-/m1/s1. The van der Waals surface area contributed by atoms with Gasteiger partial charge in [0.1, 0.15) is 21.0 Å². The van der Waals surface area contributed by atoms with E-state index >= 15 is 9.59 Å². The summed E-state index contributed by atoms with van der Waals surface area (Å²) in [6, 6.07) is 7.33. The zero-order chi connectivity index (χ0) is 37.3. The molecule has 8 atom stereocenters. The molecule has 51 heavy (non-hydrogen) atoms. The fourth-order valence-electron chi connectivity index (χ4n) is 8.51. The van der Waals surface area contributed by atoms with Gasteiger partial charge in [0.2, 0.25) is 11.6 Å². The number of hydrogen-bond donors (Lipinski definition) is 6. The number of carbonyl (C=O) groups excluding carboxylic acids is 4. The Morgan fingerprint density at radius 3 is 1.39 bits per heavy atom. The van der Waals surface area contributed by atoms with Crippen molar-refractivity contribution in [3.05, 3.63) is 58.7 Å². The van der Waals surface area contributed by atoms with Gasteiger partial charge in [0.05, 0.1) is 48.4 Å². The highest BCUT2D eigenvalue weighted by molar-refractivity contribution is 8.03. The van der Waals surface area contributed by atoms with Gasteiger partial charge < -0.3 is 40.1 Å². The highest BCUT2D eigenvalue weighted by Crippen LogP contribution is 2.65. The summed E-state index contributed by atoms with van der Waals surface area (Å²) >= 11 is 0.336. The number of hydrogen-bond acceptors (Lipinski definition) is 13. The van der Waals surface area contributed by atoms with Gasteiger partial charge in [-0.3, -0.25) is 28.8 Å². The first kappa shape index (κ1) is 36.6. The van der Waals surface area contributed by atoms with Crippen LogP contribution in [0.25, 0.3) is 0 Å². The molecule has 2 aromatic carbocycles. The predicted molar refractivity (Wildman–Crippen MR) is 177 cm³/mol. The Kier molecular flexibility index (Phi) is 9.20. The zero-order valence-corrected chi connectivity index (χ0v) is 28.6. The molecule has 0 bridgehead atoms. The number of aromatic hydroxyl groups is 2. The Balaban J connectivity index is 1.71. The number of phenolic OH excluding ortho intramolecular Hbond substituents is 2. The number of aliphatic carboxylic acids is 2. The van der Waals surface area contributed by atoms with Crippen molar-refractivity contribution in [1.82, 2.24) is 0 Å². The Labute approximate surface area is 295 Å². The number of benzene rings is 2. The molecule has 6 N–H and O–H groups in total. The second-order valence-electron chi connectivity index (χ2n) is 13.7. The molecule has 2 fully saturated rings. The molecule has 0 amide bonds. The van der Waals surface area contributed by atoms with Crippen molar-refractivity contribution >= 4 is 46.8 Å². The smallest absolute Gasteiger partial charge is 0.305 e. The van der Waals surface area contributed by atoms with Crippen LogP contribution in [0.2, 0.25) is 0 Å². The van der Waals surface area contributed by atoms with E-state index in [4.69, 9.17) is 9.47 Å². The van der Waals surface area contributed by atoms with E-state index in [-0.39, 0.29) is 36.8 Å². The molecule has 2 aliphatic heterocycles. The number of carbonyl (C=O) groups is 6. The number of aliphatic hydroxyl groups is 2. The van der Waals surface area contributed by atoms with E-state index in [0.717, 1.165) is 12.1 Å². The lowest BCUT2D eigenvalue weighted by molar-refractivity contribution is -0.179. The molecule has 14 nitrogen and oxygen atoms in total. The maximum absolute atomic E-state index is 15.2. The summed E-state index contributed by atoms with van der Waals surface area (Å²) in [6.07, 6.45) is -8.29. The summed E-state index contributed by atoms with van der Waals surface area (Å²) in [5, 5.41) is 67.3. The van der Waals surface area contributed by atoms with Gasteiger partial charge in [0.25, 0.3) is 0 Å². The van der Waals surface area contributed by atoms with Crippen molar-refractivity contribution in [3.8, 4) is 11.5 Å². The van der Waals surface area contributed by atoms with Gasteiger partial charge in [0, 0.05) is 11.1 Å². The SMILES string of the molecule is CCC[C@@H]1O[C@@H](CC(=O)O)C[C@@]2(S[C@@]34C[C@@H](CC(=O)O)O[C@H](CCC)[C@]3(O)C(=O)c3c(O)cccc3C4=O)C(=O)c3cccc(O)c3C(=O)[C@]12O. The van der Waals surface area contributed by atoms with Crippen molar-refractivity contribution in [2.75, 3.05) is 0 Å². The maximum Gasteiger partial charge on any atom is 0.305 e. The lowest BCUT2D eigenvalue weighted by atomic mass is 9.62. The van der Waals surface area contributed by atoms with Gasteiger partial charge >= 0.3 is 11.9 Å². The van der Waals surface area contributed by atoms with E-state index in [0.29, 0.717) is 11.8 Å². The van der Waals surface area contributed by atoms with Crippen molar-refractivity contribution in [2.24, 2.45) is 0 Å². The number of thioether (sulfide) groups is 1. The molecule has 0 spiro atoms. The van der Waals surface area contributed by atoms with Crippen molar-refractivity contribution in [1.29, 1.82) is 0 Å². The Hall–Kier alpha value is -4.15. The number of fused-ring (bicyclic) bond motifs is 4. The van der Waals surface area contributed by atoms with Gasteiger partial charge in [-0.2, -0.15) is 0 Å². The molecule has 2 aliphatic carbocycles. The van der Waals surface area contributed by atoms with E-state index < -0.39 is 128 Å². The topological polar surface area (TPSA) is 242 Å². The summed E-state index contributed by atoms with van der Waals surface area (Å²) in [5.74, 6) is -8.22. The number of rotatable bonds is 10. The highest BCUT2D eigenvalue weighted by atomic mass is 32.2. The van der Waals surface area contributed by atoms with Gasteiger partial charge in [-0.05, 0) is 37.8 Å². The average Bonchev–Trinajstić information content (AvgIpc) is 3.05. The first-order valence-corrected chi connectivity index (χ1v) is 17.6. The van der Waals surface area contributed by atoms with E-state index in [1.54, 1.807) is 13.8 Å². The number of carboxylic acid groups (broad SMARTS) is 2. The number of ether oxygens (including phenoxy) is 2. The second-order valence-corrected chi connectivity index (χ2v) is 15.3. The van der Waals surface area contributed by atoms with Crippen LogP contribution >= 0.6 is 11.8 Å². The molecule has 0 saturated carbocycles. The molecule has 0 aromatic heterocycles. The van der Waals surface area contributed by atoms with Crippen LogP contribution in [-0.2, 0) is 19.1 Å². The molecule has 6 rings (SSSR count). The Bertz CT molecular complexity index is 1730. The number of ketones is 4. The van der Waals surface area contributed by atoms with Crippen LogP contribution in [0.1, 0.15) is 107 Å². The van der Waals surface area contributed by atoms with Crippen LogP contribution in [-0.4, -0.2) is 111 Å². The van der Waals surface area contributed by atoms with Gasteiger partial charge in [-0.1, -0.05) is 51.0 Å². The summed E-state index contributed by atoms with van der Waals surface area (Å²) in [4.78, 5) is 83.9. The second kappa shape index (κ2) is 12.8. The predicted octanol–water partition coefficient (Wildman–Crippen LogP) is 3.09. The fourth-order valence-corrected chi connectivity index (χ4v) is 10.8. The zero-order valence-electron chi connectivity index (χ0n) is 27.8. The molecule has 2 saturated heterocycles. The van der Waals surface area contributed by atoms with E-state index in [1.165, 1.54) is 24.3 Å². The average molecular weight is 727 g/mol. The Morgan fingerprint density at radius 2 is 1.06 bits per heavy atom. The lowest BCUT2D eigenvalue weighted by Gasteiger charge is -2.62. The van der Waals surface area contributed by atoms with Crippen LogP contribution in [0.15, 0.2) is 36.4 Å². The van der Waals surface area contributed by atoms with E-state index in [2.05, 4.69) is 0 Å². The van der Waals surface area contributed by atoms with Crippen LogP contribution in [0.3, 0.4) is 0 Å². The largest absolute Gasteiger partial charge is 0.507 e. The van der Waals surface area contributed by atoms with Crippen LogP contribution in [0.4, 0.5) is 0 Å². The van der Waals surface area contributed by atoms with Gasteiger partial charge in [-0.25, -0.2) is 0 Å². The third-order valence-corrected chi connectivity index (χ3v) is 12.6. The van der Waals surface area contributed by atoms with E-state index in [9.17, 15) is 49.8 Å². The normalized spacial score (nSPS) is 34.3. The molecular formula is C36H38O14S. The summed E-state index contributed by atoms with van der Waals surface area (Å²) in [5.41, 5.74) is -7.56. The first-order chi connectivity index (χ1) is 24.0. The number of Topliss-reactive ketones (excluding diaryl/α,β-unsaturated/α-hetero) is 4. The number of phenols is 2. The molecule has 15 heteroatoms. The molecule has 2 aromatic rings. The minimum Gasteiger partial charge on any atom is -0.507 e. The molecule has 4 aliphatic rings. The molecule has 272 valence electrons. The monoisotopic (exact) mass is 726 g/mol. The minimum atomic E-state index is -2.91. The third-order valence-electron chi connectivity index (χ3n) is 10.6. The summed E-state index contributed by atoms with van der Waals surface area (Å²) in [6.45, 7) is 3.38. The molecule has 2 heterocycles. The first-order valence-electron chi connectivity index (χ1n) is 16.8. The lowest BCUT2D eigenvalue weighted by Crippen LogP contribution is -2.79. The summed E-state index contributed by atoms with van der Waals surface area (Å²) in [7, 11) is 0. The van der Waals surface area contributed by atoms with E-state index in [1.807, 2.05) is 0 Å². The number of carboxylic acids is 2. The van der Waals surface area contributed by atoms with Crippen molar-refractivity contribution < 1.29 is 68.9 Å². The van der Waals surface area contributed by atoms with Crippen molar-refractivity contribution in [3.63, 3.8) is 0 Å². The van der Waals surface area contributed by atoms with Crippen LogP contribution < -0.4 is 0 Å². The molecule has 0 unspecified atom stereocenters. The van der Waals surface area contributed by atoms with Gasteiger partial charge in [-0.15, -0.1) is 11.8 Å². The Morgan fingerprint density at radius 1 is 0.686 bits per heavy atom. The fraction of sp³-hybridized carbons (Fsp3) is 0.500. The highest BCUT2D eigenvalue weighted by Gasteiger charge is 2.78. The van der Waals surface area contributed by atoms with Crippen LogP contribution in [0, 0.1) is 0 Å². The molecule has 0 radical (unpaired) electrons. The summed E-state index contributed by atoms with van der Waals surface area (Å²) < 4.78 is 7.02. The third kappa shape index (κ3) is 5.07. The van der Waals surface area contributed by atoms with Gasteiger partial charge in [0.15, 0.2) is 22.8 Å². The maximum atomic E-state index is 15.2. The minimum absolute atomic E-state index is 0.0963. The van der Waals surface area contributed by atoms with Crippen LogP contribution in [0.5, 0.6) is 11.5 Å². The molecular weight excluding hydrogens is 688 g/mol.